The third kappa shape index (κ3) is 1.70. The van der Waals surface area contributed by atoms with Gasteiger partial charge in [-0.1, -0.05) is 15.9 Å². The molecule has 1 rings (SSSR count). The van der Waals surface area contributed by atoms with Gasteiger partial charge in [-0.2, -0.15) is 0 Å². The zero-order valence-corrected chi connectivity index (χ0v) is 7.57. The number of pyridine rings is 1. The molecule has 0 atom stereocenters. The van der Waals surface area contributed by atoms with E-state index >= 15 is 0 Å². The van der Waals surface area contributed by atoms with Crippen molar-refractivity contribution in [3.8, 4) is 0 Å². The van der Waals surface area contributed by atoms with Crippen molar-refractivity contribution >= 4 is 21.7 Å². The van der Waals surface area contributed by atoms with Crippen LogP contribution in [0.3, 0.4) is 0 Å². The predicted molar refractivity (Wildman–Crippen MR) is 46.2 cm³/mol. The number of nitrogens with zero attached hydrogens (tertiary/aromatic N) is 1. The topological polar surface area (TPSA) is 24.9 Å². The minimum atomic E-state index is 0.895. The van der Waals surface area contributed by atoms with Gasteiger partial charge in [-0.15, -0.1) is 0 Å². The maximum absolute atomic E-state index is 4.21. The van der Waals surface area contributed by atoms with E-state index < -0.39 is 0 Å². The summed E-state index contributed by atoms with van der Waals surface area (Å²) in [4.78, 5) is 4.21. The molecule has 2 nitrogen and oxygen atoms in total. The minimum Gasteiger partial charge on any atom is -0.373 e. The summed E-state index contributed by atoms with van der Waals surface area (Å²) >= 11 is 3.37. The van der Waals surface area contributed by atoms with Crippen LogP contribution in [0.1, 0.15) is 5.69 Å². The van der Waals surface area contributed by atoms with Gasteiger partial charge >= 0.3 is 0 Å². The number of halogens is 1. The van der Waals surface area contributed by atoms with Crippen molar-refractivity contribution in [1.29, 1.82) is 0 Å². The second-order valence-electron chi connectivity index (χ2n) is 2.06. The number of anilines is 1. The molecular weight excluding hydrogens is 192 g/mol. The second kappa shape index (κ2) is 3.01. The van der Waals surface area contributed by atoms with Crippen molar-refractivity contribution in [2.45, 2.75) is 6.92 Å². The normalized spacial score (nSPS) is 9.50. The Morgan fingerprint density at radius 2 is 2.20 bits per heavy atom. The molecule has 0 aliphatic heterocycles. The molecule has 0 aromatic carbocycles. The Morgan fingerprint density at radius 3 is 2.70 bits per heavy atom. The first-order valence-electron chi connectivity index (χ1n) is 3.04. The highest BCUT2D eigenvalue weighted by Gasteiger charge is 1.93. The smallest absolute Gasteiger partial charge is 0.127 e. The fourth-order valence-corrected chi connectivity index (χ4v) is 1.30. The van der Waals surface area contributed by atoms with E-state index in [9.17, 15) is 0 Å². The van der Waals surface area contributed by atoms with Crippen LogP contribution < -0.4 is 5.32 Å². The highest BCUT2D eigenvalue weighted by atomic mass is 79.9. The molecule has 0 aliphatic carbocycles. The number of rotatable bonds is 1. The van der Waals surface area contributed by atoms with Crippen molar-refractivity contribution in [3.05, 3.63) is 22.3 Å². The van der Waals surface area contributed by atoms with Gasteiger partial charge in [0.1, 0.15) is 5.82 Å². The summed E-state index contributed by atoms with van der Waals surface area (Å²) < 4.78 is 1.06. The van der Waals surface area contributed by atoms with Crippen molar-refractivity contribution in [3.63, 3.8) is 0 Å². The largest absolute Gasteiger partial charge is 0.373 e. The molecule has 0 radical (unpaired) electrons. The molecule has 0 spiro atoms. The number of hydrogen-bond donors (Lipinski definition) is 1. The first-order chi connectivity index (χ1) is 4.72. The predicted octanol–water partition coefficient (Wildman–Crippen LogP) is 2.19. The van der Waals surface area contributed by atoms with Gasteiger partial charge in [0.2, 0.25) is 0 Å². The molecule has 10 heavy (non-hydrogen) atoms. The Kier molecular flexibility index (Phi) is 2.27. The molecule has 0 saturated heterocycles. The molecule has 54 valence electrons. The fraction of sp³-hybridized carbons (Fsp3) is 0.286. The van der Waals surface area contributed by atoms with Crippen LogP contribution in [0.5, 0.6) is 0 Å². The molecule has 0 fully saturated rings. The minimum absolute atomic E-state index is 0.895. The summed E-state index contributed by atoms with van der Waals surface area (Å²) in [5.41, 5.74) is 1.01. The monoisotopic (exact) mass is 200 g/mol. The van der Waals surface area contributed by atoms with Crippen LogP contribution in [0.4, 0.5) is 5.82 Å². The lowest BCUT2D eigenvalue weighted by molar-refractivity contribution is 1.18. The summed E-state index contributed by atoms with van der Waals surface area (Å²) in [6.07, 6.45) is 0. The van der Waals surface area contributed by atoms with Crippen LogP contribution in [0.25, 0.3) is 0 Å². The van der Waals surface area contributed by atoms with Gasteiger partial charge in [0, 0.05) is 17.2 Å². The van der Waals surface area contributed by atoms with Crippen LogP contribution >= 0.6 is 15.9 Å². The van der Waals surface area contributed by atoms with Crippen LogP contribution in [-0.2, 0) is 0 Å². The van der Waals surface area contributed by atoms with Gasteiger partial charge in [-0.25, -0.2) is 4.98 Å². The standard InChI is InChI=1S/C7H9BrN2/c1-5-3-6(8)4-7(9-2)10-5/h3-4H,1-2H3,(H,9,10). The van der Waals surface area contributed by atoms with Crippen LogP contribution in [-0.4, -0.2) is 12.0 Å². The van der Waals surface area contributed by atoms with Gasteiger partial charge in [0.05, 0.1) is 0 Å². The lowest BCUT2D eigenvalue weighted by Crippen LogP contribution is -1.92. The van der Waals surface area contributed by atoms with Gasteiger partial charge in [0.25, 0.3) is 0 Å². The first kappa shape index (κ1) is 7.54. The molecule has 0 bridgehead atoms. The first-order valence-corrected chi connectivity index (χ1v) is 3.83. The second-order valence-corrected chi connectivity index (χ2v) is 2.98. The Bertz CT molecular complexity index is 215. The van der Waals surface area contributed by atoms with E-state index in [4.69, 9.17) is 0 Å². The highest BCUT2D eigenvalue weighted by Crippen LogP contribution is 2.14. The van der Waals surface area contributed by atoms with E-state index in [-0.39, 0.29) is 0 Å². The Hall–Kier alpha value is -0.570. The van der Waals surface area contributed by atoms with Crippen LogP contribution in [0, 0.1) is 6.92 Å². The van der Waals surface area contributed by atoms with E-state index in [0.29, 0.717) is 0 Å². The van der Waals surface area contributed by atoms with Crippen molar-refractivity contribution < 1.29 is 0 Å². The molecule has 0 unspecified atom stereocenters. The number of nitrogens with one attached hydrogen (secondary N) is 1. The molecule has 0 amide bonds. The Balaban J connectivity index is 3.06. The van der Waals surface area contributed by atoms with Gasteiger partial charge in [0.15, 0.2) is 0 Å². The SMILES string of the molecule is CNc1cc(Br)cc(C)n1. The quantitative estimate of drug-likeness (QED) is 0.753. The van der Waals surface area contributed by atoms with E-state index in [0.717, 1.165) is 16.0 Å². The maximum atomic E-state index is 4.21. The number of aryl methyl sites for hydroxylation is 1. The summed E-state index contributed by atoms with van der Waals surface area (Å²) in [5.74, 6) is 0.895. The lowest BCUT2D eigenvalue weighted by Gasteiger charge is -2.00. The fourth-order valence-electron chi connectivity index (χ4n) is 0.754. The van der Waals surface area contributed by atoms with Crippen molar-refractivity contribution in [2.75, 3.05) is 12.4 Å². The van der Waals surface area contributed by atoms with E-state index in [1.54, 1.807) is 0 Å². The van der Waals surface area contributed by atoms with Gasteiger partial charge in [-0.05, 0) is 19.1 Å². The third-order valence-corrected chi connectivity index (χ3v) is 1.63. The average molecular weight is 201 g/mol. The van der Waals surface area contributed by atoms with Crippen LogP contribution in [0.2, 0.25) is 0 Å². The number of aromatic nitrogens is 1. The third-order valence-electron chi connectivity index (χ3n) is 1.17. The molecule has 1 heterocycles. The molecular formula is C7H9BrN2. The van der Waals surface area contributed by atoms with E-state index in [1.807, 2.05) is 26.1 Å². The van der Waals surface area contributed by atoms with Crippen molar-refractivity contribution in [1.82, 2.24) is 4.98 Å². The average Bonchev–Trinajstić information content (AvgIpc) is 1.85. The molecule has 3 heteroatoms. The number of hydrogen-bond acceptors (Lipinski definition) is 2. The van der Waals surface area contributed by atoms with E-state index in [1.165, 1.54) is 0 Å². The highest BCUT2D eigenvalue weighted by molar-refractivity contribution is 9.10. The Morgan fingerprint density at radius 1 is 1.50 bits per heavy atom. The summed E-state index contributed by atoms with van der Waals surface area (Å²) in [6, 6.07) is 3.91. The van der Waals surface area contributed by atoms with Gasteiger partial charge in [-0.3, -0.25) is 0 Å². The van der Waals surface area contributed by atoms with Crippen molar-refractivity contribution in [2.24, 2.45) is 0 Å². The zero-order valence-electron chi connectivity index (χ0n) is 5.98. The Labute approximate surface area is 68.8 Å². The van der Waals surface area contributed by atoms with Crippen LogP contribution in [0.15, 0.2) is 16.6 Å². The molecule has 0 aliphatic rings. The molecule has 1 aromatic heterocycles. The molecule has 0 saturated carbocycles. The summed E-state index contributed by atoms with van der Waals surface area (Å²) in [5, 5.41) is 2.97. The summed E-state index contributed by atoms with van der Waals surface area (Å²) in [6.45, 7) is 1.96. The van der Waals surface area contributed by atoms with Gasteiger partial charge < -0.3 is 5.32 Å². The molecule has 1 N–H and O–H groups in total. The van der Waals surface area contributed by atoms with E-state index in [2.05, 4.69) is 26.2 Å². The maximum Gasteiger partial charge on any atom is 0.127 e. The zero-order chi connectivity index (χ0) is 7.56. The summed E-state index contributed by atoms with van der Waals surface area (Å²) in [7, 11) is 1.86. The molecule has 1 aromatic rings. The lowest BCUT2D eigenvalue weighted by atomic mass is 10.4.